The van der Waals surface area contributed by atoms with Gasteiger partial charge >= 0.3 is 7.60 Å². The van der Waals surface area contributed by atoms with E-state index in [9.17, 15) is 9.46 Å². The maximum absolute atomic E-state index is 13.1. The maximum Gasteiger partial charge on any atom is 0.408 e. The molecule has 1 N–H and O–H groups in total. The Morgan fingerprint density at radius 3 is 1.97 bits per heavy atom. The lowest BCUT2D eigenvalue weighted by molar-refractivity contribution is 0.385. The molecule has 2 rings (SSSR count). The lowest BCUT2D eigenvalue weighted by Gasteiger charge is -2.24. The zero-order valence-electron chi connectivity index (χ0n) is 20.6. The third kappa shape index (κ3) is 8.09. The van der Waals surface area contributed by atoms with Crippen LogP contribution in [0.15, 0.2) is 48.5 Å². The van der Waals surface area contributed by atoms with E-state index in [2.05, 4.69) is 33.8 Å². The van der Waals surface area contributed by atoms with Crippen molar-refractivity contribution in [2.45, 2.75) is 91.9 Å². The Kier molecular flexibility index (Phi) is 11.6. The quantitative estimate of drug-likeness (QED) is 0.274. The molecule has 0 saturated heterocycles. The SMILES string of the molecule is CCCCC(CC)Cc1cccc(OP(=O)(O)c2ccccc2)c1CC(CC)CCCC. The van der Waals surface area contributed by atoms with Crippen molar-refractivity contribution in [3.05, 3.63) is 59.7 Å². The molecule has 0 aromatic heterocycles. The monoisotopic (exact) mass is 458 g/mol. The third-order valence-electron chi connectivity index (χ3n) is 6.62. The summed E-state index contributed by atoms with van der Waals surface area (Å²) in [7, 11) is -3.95. The number of benzene rings is 2. The van der Waals surface area contributed by atoms with Gasteiger partial charge < -0.3 is 9.42 Å². The summed E-state index contributed by atoms with van der Waals surface area (Å²) in [5.41, 5.74) is 2.42. The maximum atomic E-state index is 13.1. The van der Waals surface area contributed by atoms with Gasteiger partial charge in [-0.1, -0.05) is 109 Å². The molecule has 0 heterocycles. The second-order valence-electron chi connectivity index (χ2n) is 9.08. The van der Waals surface area contributed by atoms with Crippen LogP contribution in [0.4, 0.5) is 0 Å². The van der Waals surface area contributed by atoms with Gasteiger partial charge in [0, 0.05) is 0 Å². The molecule has 0 bridgehead atoms. The molecule has 32 heavy (non-hydrogen) atoms. The smallest absolute Gasteiger partial charge is 0.408 e. The van der Waals surface area contributed by atoms with Crippen molar-refractivity contribution in [1.29, 1.82) is 0 Å². The molecule has 0 saturated carbocycles. The summed E-state index contributed by atoms with van der Waals surface area (Å²) < 4.78 is 19.0. The van der Waals surface area contributed by atoms with Crippen molar-refractivity contribution in [2.24, 2.45) is 11.8 Å². The first-order valence-electron chi connectivity index (χ1n) is 12.6. The summed E-state index contributed by atoms with van der Waals surface area (Å²) in [6.45, 7) is 9.00. The highest BCUT2D eigenvalue weighted by Crippen LogP contribution is 2.44. The molecule has 0 aliphatic heterocycles. The summed E-state index contributed by atoms with van der Waals surface area (Å²) >= 11 is 0. The third-order valence-corrected chi connectivity index (χ3v) is 8.02. The standard InChI is InChI=1S/C28H43O3P/c1-5-9-15-23(7-3)21-25-17-14-20-28(27(25)22-24(8-4)16-10-6-2)31-32(29,30)26-18-12-11-13-19-26/h11-14,17-20,23-24H,5-10,15-16,21-22H2,1-4H3,(H,29,30). The Morgan fingerprint density at radius 1 is 0.812 bits per heavy atom. The summed E-state index contributed by atoms with van der Waals surface area (Å²) in [6, 6.07) is 14.8. The Hall–Kier alpha value is -1.57. The number of hydrogen-bond donors (Lipinski definition) is 1. The fourth-order valence-electron chi connectivity index (χ4n) is 4.41. The molecule has 3 atom stereocenters. The molecular weight excluding hydrogens is 415 g/mol. The zero-order valence-corrected chi connectivity index (χ0v) is 21.4. The van der Waals surface area contributed by atoms with Gasteiger partial charge in [-0.3, -0.25) is 0 Å². The van der Waals surface area contributed by atoms with Gasteiger partial charge in [0.1, 0.15) is 5.75 Å². The van der Waals surface area contributed by atoms with Gasteiger partial charge in [-0.2, -0.15) is 0 Å². The molecule has 2 aromatic rings. The highest BCUT2D eigenvalue weighted by atomic mass is 31.2. The lowest BCUT2D eigenvalue weighted by Crippen LogP contribution is -2.13. The van der Waals surface area contributed by atoms with E-state index in [1.165, 1.54) is 44.1 Å². The largest absolute Gasteiger partial charge is 0.421 e. The van der Waals surface area contributed by atoms with Crippen molar-refractivity contribution in [3.63, 3.8) is 0 Å². The molecule has 3 unspecified atom stereocenters. The van der Waals surface area contributed by atoms with E-state index in [1.54, 1.807) is 24.3 Å². The van der Waals surface area contributed by atoms with Crippen molar-refractivity contribution in [2.75, 3.05) is 0 Å². The van der Waals surface area contributed by atoms with E-state index < -0.39 is 7.60 Å². The molecule has 3 nitrogen and oxygen atoms in total. The predicted molar refractivity (Wildman–Crippen MR) is 137 cm³/mol. The van der Waals surface area contributed by atoms with E-state index >= 15 is 0 Å². The predicted octanol–water partition coefficient (Wildman–Crippen LogP) is 8.09. The summed E-state index contributed by atoms with van der Waals surface area (Å²) in [5, 5.41) is 0.337. The summed E-state index contributed by atoms with van der Waals surface area (Å²) in [5.74, 6) is 1.77. The minimum absolute atomic E-state index is 0.337. The Labute approximate surface area is 196 Å². The molecule has 0 radical (unpaired) electrons. The molecule has 0 fully saturated rings. The Bertz CT molecular complexity index is 834. The normalized spacial score (nSPS) is 15.2. The molecule has 0 aliphatic rings. The number of hydrogen-bond acceptors (Lipinski definition) is 2. The topological polar surface area (TPSA) is 46.5 Å². The molecule has 0 amide bonds. The van der Waals surface area contributed by atoms with Crippen LogP contribution in [-0.2, 0) is 17.4 Å². The zero-order chi connectivity index (χ0) is 23.4. The first-order valence-corrected chi connectivity index (χ1v) is 14.2. The first-order chi connectivity index (χ1) is 15.4. The molecule has 178 valence electrons. The molecule has 0 aliphatic carbocycles. The van der Waals surface area contributed by atoms with Crippen LogP contribution in [0, 0.1) is 11.8 Å². The van der Waals surface area contributed by atoms with Crippen molar-refractivity contribution < 1.29 is 14.0 Å². The van der Waals surface area contributed by atoms with Gasteiger partial charge in [-0.05, 0) is 54.0 Å². The number of unbranched alkanes of at least 4 members (excludes halogenated alkanes) is 2. The van der Waals surface area contributed by atoms with E-state index in [1.807, 2.05) is 18.2 Å². The second-order valence-corrected chi connectivity index (χ2v) is 10.8. The van der Waals surface area contributed by atoms with Gasteiger partial charge in [-0.25, -0.2) is 4.57 Å². The molecular formula is C28H43O3P. The summed E-state index contributed by atoms with van der Waals surface area (Å²) in [4.78, 5) is 10.8. The van der Waals surface area contributed by atoms with E-state index in [4.69, 9.17) is 4.52 Å². The van der Waals surface area contributed by atoms with Crippen molar-refractivity contribution in [3.8, 4) is 5.75 Å². The molecule has 0 spiro atoms. The highest BCUT2D eigenvalue weighted by molar-refractivity contribution is 7.61. The van der Waals surface area contributed by atoms with Crippen molar-refractivity contribution in [1.82, 2.24) is 0 Å². The number of rotatable bonds is 15. The van der Waals surface area contributed by atoms with Crippen LogP contribution in [0.1, 0.15) is 90.2 Å². The lowest BCUT2D eigenvalue weighted by atomic mass is 9.85. The fraction of sp³-hybridized carbons (Fsp3) is 0.571. The first kappa shape index (κ1) is 26.7. The van der Waals surface area contributed by atoms with Gasteiger partial charge in [0.2, 0.25) is 0 Å². The molecule has 4 heteroatoms. The highest BCUT2D eigenvalue weighted by Gasteiger charge is 2.27. The van der Waals surface area contributed by atoms with E-state index in [-0.39, 0.29) is 0 Å². The van der Waals surface area contributed by atoms with Gasteiger partial charge in [-0.15, -0.1) is 0 Å². The Morgan fingerprint density at radius 2 is 1.41 bits per heavy atom. The average molecular weight is 459 g/mol. The second kappa shape index (κ2) is 13.9. The van der Waals surface area contributed by atoms with Crippen LogP contribution in [0.2, 0.25) is 0 Å². The van der Waals surface area contributed by atoms with Crippen LogP contribution in [0.25, 0.3) is 0 Å². The van der Waals surface area contributed by atoms with Gasteiger partial charge in [0.05, 0.1) is 5.30 Å². The van der Waals surface area contributed by atoms with Crippen LogP contribution in [0.5, 0.6) is 5.75 Å². The minimum Gasteiger partial charge on any atom is -0.421 e. The van der Waals surface area contributed by atoms with Crippen molar-refractivity contribution >= 4 is 12.9 Å². The minimum atomic E-state index is -3.95. The van der Waals surface area contributed by atoms with Gasteiger partial charge in [0.25, 0.3) is 0 Å². The van der Waals surface area contributed by atoms with E-state index in [0.717, 1.165) is 31.2 Å². The van der Waals surface area contributed by atoms with Gasteiger partial charge in [0.15, 0.2) is 0 Å². The van der Waals surface area contributed by atoms with E-state index in [0.29, 0.717) is 22.9 Å². The molecule has 2 aromatic carbocycles. The van der Waals surface area contributed by atoms with Crippen LogP contribution in [0.3, 0.4) is 0 Å². The van der Waals surface area contributed by atoms with Crippen LogP contribution < -0.4 is 9.83 Å². The van der Waals surface area contributed by atoms with Crippen LogP contribution >= 0.6 is 7.60 Å². The fourth-order valence-corrected chi connectivity index (χ4v) is 5.50. The summed E-state index contributed by atoms with van der Waals surface area (Å²) in [6.07, 6.45) is 11.5. The Balaban J connectivity index is 2.39. The van der Waals surface area contributed by atoms with Crippen LogP contribution in [-0.4, -0.2) is 4.89 Å². The average Bonchev–Trinajstić information content (AvgIpc) is 2.81.